The quantitative estimate of drug-likeness (QED) is 0.686. The lowest BCUT2D eigenvalue weighted by atomic mass is 9.80. The molecule has 0 bridgehead atoms. The molecule has 2 aliphatic carbocycles. The molecule has 0 spiro atoms. The van der Waals surface area contributed by atoms with Crippen molar-refractivity contribution in [1.29, 1.82) is 0 Å². The second-order valence-electron chi connectivity index (χ2n) is 8.39. The molecule has 174 valence electrons. The molecule has 2 saturated carbocycles. The Morgan fingerprint density at radius 3 is 2.39 bits per heavy atom. The van der Waals surface area contributed by atoms with E-state index in [9.17, 15) is 26.7 Å². The standard InChI is InChI=1S/C17H24F2N4O.C2HF3O2/c18-17(19)6-13(7-17)16(24)20-8-12-9-22(14-2-1-3-14)11-15-4-5-21-23(15)10-12;3-2(4,5)1(6)7/h4-5,12-14H,1-3,6-11H2,(H,20,24);(H,6,7). The number of rotatable bonds is 4. The smallest absolute Gasteiger partial charge is 0.475 e. The second kappa shape index (κ2) is 9.09. The molecule has 1 aromatic heterocycles. The Hall–Kier alpha value is -2.24. The van der Waals surface area contributed by atoms with Gasteiger partial charge in [0.15, 0.2) is 0 Å². The van der Waals surface area contributed by atoms with Crippen LogP contribution in [0.5, 0.6) is 0 Å². The van der Waals surface area contributed by atoms with Crippen LogP contribution in [0.25, 0.3) is 0 Å². The van der Waals surface area contributed by atoms with Crippen molar-refractivity contribution in [2.24, 2.45) is 11.8 Å². The van der Waals surface area contributed by atoms with Gasteiger partial charge in [-0.05, 0) is 18.9 Å². The summed E-state index contributed by atoms with van der Waals surface area (Å²) in [6.07, 6.45) is -0.0971. The number of amides is 1. The van der Waals surface area contributed by atoms with Crippen LogP contribution in [0.15, 0.2) is 12.3 Å². The van der Waals surface area contributed by atoms with Crippen molar-refractivity contribution in [2.75, 3.05) is 13.1 Å². The maximum Gasteiger partial charge on any atom is 0.490 e. The minimum Gasteiger partial charge on any atom is -0.475 e. The minimum absolute atomic E-state index is 0.221. The molecule has 2 heterocycles. The topological polar surface area (TPSA) is 87.5 Å². The third kappa shape index (κ3) is 6.14. The Balaban J connectivity index is 0.000000339. The molecule has 0 aromatic carbocycles. The number of halogens is 5. The lowest BCUT2D eigenvalue weighted by Gasteiger charge is -2.38. The van der Waals surface area contributed by atoms with Gasteiger partial charge in [-0.1, -0.05) is 6.42 Å². The summed E-state index contributed by atoms with van der Waals surface area (Å²) in [5.41, 5.74) is 1.22. The molecule has 4 rings (SSSR count). The van der Waals surface area contributed by atoms with E-state index in [-0.39, 0.29) is 24.7 Å². The number of aromatic nitrogens is 2. The van der Waals surface area contributed by atoms with Gasteiger partial charge in [-0.15, -0.1) is 0 Å². The summed E-state index contributed by atoms with van der Waals surface area (Å²) >= 11 is 0. The van der Waals surface area contributed by atoms with E-state index in [0.29, 0.717) is 12.6 Å². The maximum absolute atomic E-state index is 12.9. The van der Waals surface area contributed by atoms with E-state index in [2.05, 4.69) is 21.4 Å². The van der Waals surface area contributed by atoms with Crippen molar-refractivity contribution in [3.05, 3.63) is 18.0 Å². The van der Waals surface area contributed by atoms with Crippen LogP contribution in [0.3, 0.4) is 0 Å². The fraction of sp³-hybridized carbons (Fsp3) is 0.737. The fourth-order valence-corrected chi connectivity index (χ4v) is 3.96. The number of aliphatic carboxylic acids is 1. The number of carboxylic acids is 1. The summed E-state index contributed by atoms with van der Waals surface area (Å²) in [6, 6.07) is 2.69. The normalized spacial score (nSPS) is 24.0. The van der Waals surface area contributed by atoms with E-state index in [1.165, 1.54) is 25.0 Å². The first kappa shape index (κ1) is 23.4. The van der Waals surface area contributed by atoms with E-state index in [1.807, 2.05) is 10.9 Å². The lowest BCUT2D eigenvalue weighted by Crippen LogP contribution is -2.47. The molecule has 1 aromatic rings. The Morgan fingerprint density at radius 2 is 1.87 bits per heavy atom. The molecule has 1 aliphatic heterocycles. The van der Waals surface area contributed by atoms with Gasteiger partial charge >= 0.3 is 12.1 Å². The minimum atomic E-state index is -5.08. The number of nitrogens with zero attached hydrogens (tertiary/aromatic N) is 3. The van der Waals surface area contributed by atoms with Crippen LogP contribution >= 0.6 is 0 Å². The highest BCUT2D eigenvalue weighted by atomic mass is 19.4. The van der Waals surface area contributed by atoms with Gasteiger partial charge in [-0.3, -0.25) is 14.4 Å². The third-order valence-electron chi connectivity index (χ3n) is 5.95. The van der Waals surface area contributed by atoms with Crippen molar-refractivity contribution in [2.45, 2.75) is 63.3 Å². The molecule has 1 atom stereocenters. The molecule has 2 fully saturated rings. The molecule has 3 aliphatic rings. The van der Waals surface area contributed by atoms with Gasteiger partial charge in [0, 0.05) is 63.1 Å². The highest BCUT2D eigenvalue weighted by Crippen LogP contribution is 2.42. The number of carbonyl (C=O) groups is 2. The Bertz CT molecular complexity index is 786. The van der Waals surface area contributed by atoms with Crippen molar-refractivity contribution in [3.8, 4) is 0 Å². The van der Waals surface area contributed by atoms with Crippen molar-refractivity contribution in [1.82, 2.24) is 20.0 Å². The number of carboxylic acid groups (broad SMARTS) is 1. The van der Waals surface area contributed by atoms with Crippen molar-refractivity contribution < 1.29 is 36.6 Å². The van der Waals surface area contributed by atoms with Crippen LogP contribution < -0.4 is 5.32 Å². The van der Waals surface area contributed by atoms with Crippen LogP contribution in [0.2, 0.25) is 0 Å². The van der Waals surface area contributed by atoms with Crippen LogP contribution in [0.4, 0.5) is 22.0 Å². The van der Waals surface area contributed by atoms with Crippen LogP contribution in [-0.4, -0.2) is 62.9 Å². The van der Waals surface area contributed by atoms with Gasteiger partial charge in [0.05, 0.1) is 5.69 Å². The third-order valence-corrected chi connectivity index (χ3v) is 5.95. The molecule has 1 unspecified atom stereocenters. The van der Waals surface area contributed by atoms with Crippen LogP contribution in [0, 0.1) is 11.8 Å². The van der Waals surface area contributed by atoms with Crippen molar-refractivity contribution >= 4 is 11.9 Å². The first-order valence-corrected chi connectivity index (χ1v) is 10.1. The summed E-state index contributed by atoms with van der Waals surface area (Å²) in [7, 11) is 0. The summed E-state index contributed by atoms with van der Waals surface area (Å²) in [5.74, 6) is -5.88. The van der Waals surface area contributed by atoms with E-state index in [4.69, 9.17) is 9.90 Å². The molecule has 0 saturated heterocycles. The number of hydrogen-bond acceptors (Lipinski definition) is 4. The second-order valence-corrected chi connectivity index (χ2v) is 8.39. The monoisotopic (exact) mass is 452 g/mol. The largest absolute Gasteiger partial charge is 0.490 e. The van der Waals surface area contributed by atoms with Gasteiger partial charge in [-0.2, -0.15) is 18.3 Å². The molecular weight excluding hydrogens is 427 g/mol. The van der Waals surface area contributed by atoms with Gasteiger partial charge in [-0.25, -0.2) is 13.6 Å². The summed E-state index contributed by atoms with van der Waals surface area (Å²) < 4.78 is 59.6. The highest BCUT2D eigenvalue weighted by Gasteiger charge is 2.48. The van der Waals surface area contributed by atoms with Gasteiger partial charge < -0.3 is 10.4 Å². The summed E-state index contributed by atoms with van der Waals surface area (Å²) in [4.78, 5) is 23.4. The molecule has 0 radical (unpaired) electrons. The molecule has 12 heteroatoms. The average molecular weight is 452 g/mol. The Morgan fingerprint density at radius 1 is 1.23 bits per heavy atom. The first-order chi connectivity index (χ1) is 14.4. The highest BCUT2D eigenvalue weighted by molar-refractivity contribution is 5.79. The SMILES string of the molecule is O=C(NCC1CN(C2CCC2)Cc2ccnn2C1)C1CC(F)(F)C1.O=C(O)C(F)(F)F. The van der Waals surface area contributed by atoms with Gasteiger partial charge in [0.25, 0.3) is 0 Å². The molecule has 2 N–H and O–H groups in total. The number of nitrogens with one attached hydrogen (secondary N) is 1. The number of hydrogen-bond donors (Lipinski definition) is 2. The Kier molecular flexibility index (Phi) is 6.87. The van der Waals surface area contributed by atoms with E-state index >= 15 is 0 Å². The predicted molar refractivity (Wildman–Crippen MR) is 98.1 cm³/mol. The van der Waals surface area contributed by atoms with E-state index < -0.39 is 24.0 Å². The maximum atomic E-state index is 12.9. The number of fused-ring (bicyclic) bond motifs is 1. The van der Waals surface area contributed by atoms with Crippen molar-refractivity contribution in [3.63, 3.8) is 0 Å². The lowest BCUT2D eigenvalue weighted by molar-refractivity contribution is -0.192. The zero-order chi connectivity index (χ0) is 22.8. The first-order valence-electron chi connectivity index (χ1n) is 10.1. The molecular formula is C19H25F5N4O3. The summed E-state index contributed by atoms with van der Waals surface area (Å²) in [5, 5.41) is 14.4. The van der Waals surface area contributed by atoms with Gasteiger partial charge in [0.2, 0.25) is 11.8 Å². The average Bonchev–Trinajstić information content (AvgIpc) is 2.94. The molecule has 7 nitrogen and oxygen atoms in total. The van der Waals surface area contributed by atoms with E-state index in [0.717, 1.165) is 19.6 Å². The number of carbonyl (C=O) groups excluding carboxylic acids is 1. The molecule has 31 heavy (non-hydrogen) atoms. The predicted octanol–water partition coefficient (Wildman–Crippen LogP) is 2.66. The van der Waals surface area contributed by atoms with E-state index in [1.54, 1.807) is 0 Å². The zero-order valence-corrected chi connectivity index (χ0v) is 16.7. The van der Waals surface area contributed by atoms with Crippen LogP contribution in [-0.2, 0) is 22.7 Å². The van der Waals surface area contributed by atoms with Crippen LogP contribution in [0.1, 0.15) is 37.8 Å². The summed E-state index contributed by atoms with van der Waals surface area (Å²) in [6.45, 7) is 3.13. The molecule has 1 amide bonds. The number of alkyl halides is 5. The zero-order valence-electron chi connectivity index (χ0n) is 16.7. The Labute approximate surface area is 175 Å². The fourth-order valence-electron chi connectivity index (χ4n) is 3.96. The van der Waals surface area contributed by atoms with Gasteiger partial charge in [0.1, 0.15) is 0 Å².